The molecule has 0 fully saturated rings. The van der Waals surface area contributed by atoms with E-state index in [9.17, 15) is 5.11 Å². The normalized spacial score (nSPS) is 12.3. The topological polar surface area (TPSA) is 42.4 Å². The SMILES string of the molecule is COc1c(C)cnc(CC(O)c2cc(Cl)ccc2I)c1C. The number of hydrogen-bond donors (Lipinski definition) is 1. The molecule has 0 saturated carbocycles. The number of aliphatic hydroxyl groups excluding tert-OH is 1. The minimum Gasteiger partial charge on any atom is -0.496 e. The number of hydrogen-bond acceptors (Lipinski definition) is 3. The van der Waals surface area contributed by atoms with Gasteiger partial charge in [-0.2, -0.15) is 0 Å². The van der Waals surface area contributed by atoms with Crippen LogP contribution < -0.4 is 4.74 Å². The first-order valence-electron chi connectivity index (χ1n) is 6.56. The zero-order valence-corrected chi connectivity index (χ0v) is 15.1. The Balaban J connectivity index is 2.32. The lowest BCUT2D eigenvalue weighted by molar-refractivity contribution is 0.176. The second kappa shape index (κ2) is 6.94. The zero-order valence-electron chi connectivity index (χ0n) is 12.2. The lowest BCUT2D eigenvalue weighted by Crippen LogP contribution is -2.08. The van der Waals surface area contributed by atoms with Gasteiger partial charge in [-0.05, 0) is 60.2 Å². The summed E-state index contributed by atoms with van der Waals surface area (Å²) in [6.45, 7) is 3.92. The van der Waals surface area contributed by atoms with Crippen molar-refractivity contribution < 1.29 is 9.84 Å². The quantitative estimate of drug-likeness (QED) is 0.757. The summed E-state index contributed by atoms with van der Waals surface area (Å²) in [6, 6.07) is 5.52. The summed E-state index contributed by atoms with van der Waals surface area (Å²) in [7, 11) is 1.65. The maximum Gasteiger partial charge on any atom is 0.128 e. The van der Waals surface area contributed by atoms with Gasteiger partial charge in [0.15, 0.2) is 0 Å². The maximum atomic E-state index is 10.5. The molecule has 1 heterocycles. The van der Waals surface area contributed by atoms with Crippen LogP contribution in [0.5, 0.6) is 5.75 Å². The summed E-state index contributed by atoms with van der Waals surface area (Å²) in [5.41, 5.74) is 3.61. The third-order valence-corrected chi connectivity index (χ3v) is 4.67. The number of rotatable bonds is 4. The van der Waals surface area contributed by atoms with Crippen molar-refractivity contribution >= 4 is 34.2 Å². The van der Waals surface area contributed by atoms with Gasteiger partial charge in [-0.1, -0.05) is 11.6 Å². The van der Waals surface area contributed by atoms with Crippen molar-refractivity contribution in [2.75, 3.05) is 7.11 Å². The monoisotopic (exact) mass is 417 g/mol. The number of aryl methyl sites for hydroxylation is 1. The van der Waals surface area contributed by atoms with Crippen LogP contribution in [0.25, 0.3) is 0 Å². The van der Waals surface area contributed by atoms with Crippen LogP contribution in [0.1, 0.15) is 28.5 Å². The second-order valence-electron chi connectivity index (χ2n) is 4.93. The van der Waals surface area contributed by atoms with Crippen molar-refractivity contribution in [3.8, 4) is 5.75 Å². The first-order chi connectivity index (χ1) is 9.93. The number of benzene rings is 1. The number of halogens is 2. The highest BCUT2D eigenvalue weighted by molar-refractivity contribution is 14.1. The Morgan fingerprint density at radius 3 is 2.76 bits per heavy atom. The predicted octanol–water partition coefficient (Wildman–Crippen LogP) is 4.24. The van der Waals surface area contributed by atoms with E-state index in [0.29, 0.717) is 11.4 Å². The molecule has 0 aliphatic heterocycles. The van der Waals surface area contributed by atoms with E-state index in [1.807, 2.05) is 26.0 Å². The fraction of sp³-hybridized carbons (Fsp3) is 0.312. The largest absolute Gasteiger partial charge is 0.496 e. The van der Waals surface area contributed by atoms with Crippen molar-refractivity contribution in [2.45, 2.75) is 26.4 Å². The molecule has 0 spiro atoms. The molecule has 1 atom stereocenters. The van der Waals surface area contributed by atoms with Gasteiger partial charge in [0.05, 0.1) is 13.2 Å². The molecule has 5 heteroatoms. The van der Waals surface area contributed by atoms with Gasteiger partial charge < -0.3 is 9.84 Å². The van der Waals surface area contributed by atoms with E-state index in [1.165, 1.54) is 0 Å². The van der Waals surface area contributed by atoms with Crippen LogP contribution >= 0.6 is 34.2 Å². The molecule has 112 valence electrons. The molecule has 0 bridgehead atoms. The van der Waals surface area contributed by atoms with Crippen LogP contribution in [0.15, 0.2) is 24.4 Å². The third kappa shape index (κ3) is 3.67. The molecule has 21 heavy (non-hydrogen) atoms. The van der Waals surface area contributed by atoms with Gasteiger partial charge in [-0.3, -0.25) is 4.98 Å². The van der Waals surface area contributed by atoms with E-state index in [2.05, 4.69) is 27.6 Å². The average Bonchev–Trinajstić information content (AvgIpc) is 2.45. The van der Waals surface area contributed by atoms with E-state index in [-0.39, 0.29) is 0 Å². The van der Waals surface area contributed by atoms with Crippen LogP contribution in [0.4, 0.5) is 0 Å². The molecule has 1 aromatic heterocycles. The van der Waals surface area contributed by atoms with E-state index in [4.69, 9.17) is 16.3 Å². The molecule has 0 aliphatic carbocycles. The van der Waals surface area contributed by atoms with E-state index >= 15 is 0 Å². The Bertz CT molecular complexity index is 661. The van der Waals surface area contributed by atoms with E-state index in [1.54, 1.807) is 19.4 Å². The van der Waals surface area contributed by atoms with Gasteiger partial charge >= 0.3 is 0 Å². The molecular formula is C16H17ClINO2. The van der Waals surface area contributed by atoms with Gasteiger partial charge in [0.1, 0.15) is 5.75 Å². The van der Waals surface area contributed by atoms with Crippen LogP contribution in [0, 0.1) is 17.4 Å². The second-order valence-corrected chi connectivity index (χ2v) is 6.53. The summed E-state index contributed by atoms with van der Waals surface area (Å²) in [5.74, 6) is 0.827. The Labute approximate surface area is 143 Å². The molecule has 0 saturated heterocycles. The summed E-state index contributed by atoms with van der Waals surface area (Å²) in [6.07, 6.45) is 1.56. The average molecular weight is 418 g/mol. The van der Waals surface area contributed by atoms with Crippen LogP contribution in [0.2, 0.25) is 5.02 Å². The zero-order chi connectivity index (χ0) is 15.6. The number of nitrogens with zero attached hydrogens (tertiary/aromatic N) is 1. The van der Waals surface area contributed by atoms with Crippen molar-refractivity contribution in [3.05, 3.63) is 55.4 Å². The number of ether oxygens (including phenoxy) is 1. The summed E-state index contributed by atoms with van der Waals surface area (Å²) in [4.78, 5) is 4.43. The molecule has 3 nitrogen and oxygen atoms in total. The van der Waals surface area contributed by atoms with Crippen molar-refractivity contribution in [1.29, 1.82) is 0 Å². The Kier molecular flexibility index (Phi) is 5.46. The lowest BCUT2D eigenvalue weighted by Gasteiger charge is -2.16. The minimum absolute atomic E-state index is 0.429. The highest BCUT2D eigenvalue weighted by Crippen LogP contribution is 2.29. The number of aliphatic hydroxyl groups is 1. The first-order valence-corrected chi connectivity index (χ1v) is 8.01. The molecule has 2 rings (SSSR count). The Hall–Kier alpha value is -0.850. The summed E-state index contributed by atoms with van der Waals surface area (Å²) >= 11 is 8.21. The number of pyridine rings is 1. The summed E-state index contributed by atoms with van der Waals surface area (Å²) in [5, 5.41) is 11.1. The first kappa shape index (κ1) is 16.5. The smallest absolute Gasteiger partial charge is 0.128 e. The van der Waals surface area contributed by atoms with Crippen molar-refractivity contribution in [1.82, 2.24) is 4.98 Å². The third-order valence-electron chi connectivity index (χ3n) is 3.45. The van der Waals surface area contributed by atoms with Crippen LogP contribution in [-0.2, 0) is 6.42 Å². The molecular weight excluding hydrogens is 401 g/mol. The van der Waals surface area contributed by atoms with Crippen molar-refractivity contribution in [3.63, 3.8) is 0 Å². The molecule has 0 radical (unpaired) electrons. The van der Waals surface area contributed by atoms with E-state index < -0.39 is 6.10 Å². The van der Waals surface area contributed by atoms with Crippen LogP contribution in [0.3, 0.4) is 0 Å². The molecule has 1 N–H and O–H groups in total. The van der Waals surface area contributed by atoms with Gasteiger partial charge in [0.2, 0.25) is 0 Å². The Morgan fingerprint density at radius 1 is 1.38 bits per heavy atom. The van der Waals surface area contributed by atoms with Gasteiger partial charge in [0, 0.05) is 38.0 Å². The number of aromatic nitrogens is 1. The van der Waals surface area contributed by atoms with Crippen molar-refractivity contribution in [2.24, 2.45) is 0 Å². The van der Waals surface area contributed by atoms with Gasteiger partial charge in [-0.25, -0.2) is 0 Å². The molecule has 1 aromatic carbocycles. The lowest BCUT2D eigenvalue weighted by atomic mass is 10.0. The highest BCUT2D eigenvalue weighted by atomic mass is 127. The Morgan fingerprint density at radius 2 is 2.10 bits per heavy atom. The molecule has 2 aromatic rings. The maximum absolute atomic E-state index is 10.5. The highest BCUT2D eigenvalue weighted by Gasteiger charge is 2.17. The standard InChI is InChI=1S/C16H17ClINO2/c1-9-8-19-14(10(2)16(9)21-3)7-15(20)12-6-11(17)4-5-13(12)18/h4-6,8,15,20H,7H2,1-3H3. The van der Waals surface area contributed by atoms with Gasteiger partial charge in [0.25, 0.3) is 0 Å². The van der Waals surface area contributed by atoms with E-state index in [0.717, 1.165) is 31.7 Å². The van der Waals surface area contributed by atoms with Gasteiger partial charge in [-0.15, -0.1) is 0 Å². The van der Waals surface area contributed by atoms with Crippen LogP contribution in [-0.4, -0.2) is 17.2 Å². The fourth-order valence-electron chi connectivity index (χ4n) is 2.34. The number of methoxy groups -OCH3 is 1. The minimum atomic E-state index is -0.644. The molecule has 0 aliphatic rings. The molecule has 0 amide bonds. The summed E-state index contributed by atoms with van der Waals surface area (Å²) < 4.78 is 6.39. The molecule has 1 unspecified atom stereocenters. The fourth-order valence-corrected chi connectivity index (χ4v) is 3.22. The predicted molar refractivity (Wildman–Crippen MR) is 93.1 cm³/mol.